The number of methoxy groups -OCH3 is 1. The zero-order valence-electron chi connectivity index (χ0n) is 61.1. The van der Waals surface area contributed by atoms with Crippen LogP contribution in [0.2, 0.25) is 0 Å². The molecule has 5 aromatic rings. The van der Waals surface area contributed by atoms with Gasteiger partial charge < -0.3 is 19.1 Å². The summed E-state index contributed by atoms with van der Waals surface area (Å²) in [7, 11) is -4.06. The Hall–Kier alpha value is -4.52. The average Bonchev–Trinajstić information content (AvgIpc) is 0.660. The maximum absolute atomic E-state index is 16.1. The number of rotatable bonds is 12. The molecule has 0 saturated carbocycles. The molecule has 0 spiro atoms. The van der Waals surface area contributed by atoms with Gasteiger partial charge in [-0.3, -0.25) is 9.59 Å². The number of benzene rings is 4. The first-order valence-corrected chi connectivity index (χ1v) is 14.9. The zero-order chi connectivity index (χ0) is 68.5. The number of amides is 1. The van der Waals surface area contributed by atoms with E-state index in [2.05, 4.69) is 4.74 Å². The zero-order valence-corrected chi connectivity index (χ0v) is 26.9. The summed E-state index contributed by atoms with van der Waals surface area (Å²) in [6.07, 6.45) is -16.0. The van der Waals surface area contributed by atoms with Crippen molar-refractivity contribution in [1.82, 2.24) is 14.4 Å². The van der Waals surface area contributed by atoms with Gasteiger partial charge in [-0.1, -0.05) is 59.9 Å². The molecule has 0 bridgehead atoms. The van der Waals surface area contributed by atoms with Crippen LogP contribution in [0.25, 0.3) is 22.0 Å². The second kappa shape index (κ2) is 16.7. The lowest BCUT2D eigenvalue weighted by Crippen LogP contribution is -2.48. The number of hydrogen-bond acceptors (Lipinski definition) is 5. The largest absolute Gasteiger partial charge is 0.416 e. The third kappa shape index (κ3) is 9.17. The van der Waals surface area contributed by atoms with Crippen LogP contribution >= 0.6 is 11.8 Å². The van der Waals surface area contributed by atoms with Gasteiger partial charge in [0.05, 0.1) is 54.2 Å². The lowest BCUT2D eigenvalue weighted by molar-refractivity contribution is -0.137. The Morgan fingerprint density at radius 3 is 2.42 bits per heavy atom. The molecule has 1 fully saturated rings. The summed E-state index contributed by atoms with van der Waals surface area (Å²) in [5.41, 5.74) is -16.7. The average molecular weight is 785 g/mol. The van der Waals surface area contributed by atoms with Crippen LogP contribution < -0.4 is 5.43 Å². The number of alkyl halides is 3. The van der Waals surface area contributed by atoms with Crippen molar-refractivity contribution < 1.29 is 79.5 Å². The first-order valence-electron chi connectivity index (χ1n) is 31.6. The topological polar surface area (TPSA) is 54.8 Å². The summed E-state index contributed by atoms with van der Waals surface area (Å²) in [5.74, 6) is -7.76. The smallest absolute Gasteiger partial charge is 0.383 e. The van der Waals surface area contributed by atoms with Crippen molar-refractivity contribution >= 4 is 28.6 Å². The number of nitrogens with zero attached hydrogens (tertiary/aromatic N) is 3. The van der Waals surface area contributed by atoms with Crippen molar-refractivity contribution in [3.63, 3.8) is 0 Å². The summed E-state index contributed by atoms with van der Waals surface area (Å²) >= 11 is -0.884. The molecule has 0 unspecified atom stereocenters. The number of carbonyl (C=O) groups excluding carboxylic acids is 1. The van der Waals surface area contributed by atoms with Gasteiger partial charge in [-0.15, -0.1) is 11.8 Å². The highest BCUT2D eigenvalue weighted by molar-refractivity contribution is 7.98. The van der Waals surface area contributed by atoms with Crippen molar-refractivity contribution in [2.24, 2.45) is 0 Å². The standard InChI is InChI=1S/C41H40F5N3O3S/c1-27-6-15-36-34(22-27)37(50)23-39(53-26-31-4-3-5-35(42)40(31)43)49(36)25-38(51)48(33-16-18-47(19-17-33)20-21-52-2)24-28-7-9-29(10-8-28)30-11-13-32(14-12-30)41(44,45)46/h3-15,22-23,33H,16-21,24-26H2,1-2H3/i2D3,3D,4D,5D,6D,7D,8D,9D,10D,11D,12D,13D,14D,15D,16D2,17D2,18D2,19D2,20D2,21D2,22D,23D,25D2,26D2,33D. The van der Waals surface area contributed by atoms with E-state index in [1.54, 1.807) is 0 Å². The first-order chi connectivity index (χ1) is 39.2. The molecule has 12 heteroatoms. The normalized spacial score (nSPS) is 29.4. The monoisotopic (exact) mass is 784 g/mol. The molecule has 1 amide bonds. The second-order valence-corrected chi connectivity index (χ2v) is 10.8. The molecule has 0 N–H and O–H groups in total. The van der Waals surface area contributed by atoms with Crippen LogP contribution in [-0.2, 0) is 34.5 Å². The minimum absolute atomic E-state index is 0.516. The van der Waals surface area contributed by atoms with Gasteiger partial charge in [0.15, 0.2) is 17.1 Å². The number of likely N-dealkylation sites (tertiary alicyclic amines) is 1. The minimum Gasteiger partial charge on any atom is -0.383 e. The fourth-order valence-electron chi connectivity index (χ4n) is 4.08. The molecule has 1 aliphatic rings. The number of aromatic nitrogens is 1. The molecule has 1 saturated heterocycles. The molecule has 0 aliphatic carbocycles. The maximum atomic E-state index is 16.1. The van der Waals surface area contributed by atoms with Crippen LogP contribution in [0.4, 0.5) is 22.0 Å². The molecule has 6 rings (SSSR count). The van der Waals surface area contributed by atoms with Crippen LogP contribution in [0.1, 0.15) is 83.0 Å². The molecule has 278 valence electrons. The summed E-state index contributed by atoms with van der Waals surface area (Å²) in [5, 5.41) is -3.20. The molecule has 2 heterocycles. The molecule has 1 aromatic heterocycles. The molecule has 6 nitrogen and oxygen atoms in total. The predicted octanol–water partition coefficient (Wildman–Crippen LogP) is 8.71. The van der Waals surface area contributed by atoms with E-state index in [9.17, 15) is 27.6 Å². The number of carbonyl (C=O) groups is 1. The van der Waals surface area contributed by atoms with Crippen molar-refractivity contribution in [3.8, 4) is 11.1 Å². The van der Waals surface area contributed by atoms with Gasteiger partial charge >= 0.3 is 6.18 Å². The van der Waals surface area contributed by atoms with Crippen molar-refractivity contribution in [3.05, 3.63) is 135 Å². The van der Waals surface area contributed by atoms with E-state index in [1.165, 1.54) is 0 Å². The summed E-state index contributed by atoms with van der Waals surface area (Å²) < 4.78 is 381. The van der Waals surface area contributed by atoms with Gasteiger partial charge in [-0.25, -0.2) is 8.78 Å². The molecule has 4 aromatic carbocycles. The molecule has 0 atom stereocenters. The quantitative estimate of drug-likeness (QED) is 0.0937. The highest BCUT2D eigenvalue weighted by Gasteiger charge is 2.31. The summed E-state index contributed by atoms with van der Waals surface area (Å²) in [4.78, 5) is 28.0. The third-order valence-electron chi connectivity index (χ3n) is 6.47. The van der Waals surface area contributed by atoms with Gasteiger partial charge in [-0.05, 0) is 66.6 Å². The molecular weight excluding hydrogens is 710 g/mol. The Balaban J connectivity index is 1.85. The number of hydrogen-bond donors (Lipinski definition) is 0. The van der Waals surface area contributed by atoms with Crippen LogP contribution in [0.3, 0.4) is 0 Å². The van der Waals surface area contributed by atoms with Crippen LogP contribution in [-0.4, -0.2) is 59.4 Å². The number of halogens is 5. The molecule has 0 radical (unpaired) electrons. The Bertz CT molecular complexity index is 3760. The Morgan fingerprint density at radius 1 is 1.04 bits per heavy atom. The Labute approximate surface area is 358 Å². The van der Waals surface area contributed by atoms with Gasteiger partial charge in [0.2, 0.25) is 5.91 Å². The lowest BCUT2D eigenvalue weighted by Gasteiger charge is -2.39. The van der Waals surface area contributed by atoms with Crippen LogP contribution in [0.5, 0.6) is 0 Å². The third-order valence-corrected chi connectivity index (χ3v) is 7.25. The first kappa shape index (κ1) is 14.0. The summed E-state index contributed by atoms with van der Waals surface area (Å²) in [6.45, 7) is -26.1. The fraction of sp³-hybridized carbons (Fsp3) is 0.317. The van der Waals surface area contributed by atoms with E-state index in [4.69, 9.17) is 38.4 Å². The van der Waals surface area contributed by atoms with E-state index < -0.39 is 266 Å². The highest BCUT2D eigenvalue weighted by atomic mass is 32.2. The minimum atomic E-state index is -5.62. The molecule has 53 heavy (non-hydrogen) atoms. The second-order valence-electron chi connectivity index (χ2n) is 9.98. The number of ether oxygens (including phenoxy) is 1. The Morgan fingerprint density at radius 2 is 1.74 bits per heavy atom. The van der Waals surface area contributed by atoms with Gasteiger partial charge in [0.1, 0.15) is 6.50 Å². The Kier molecular flexibility index (Phi) is 4.39. The highest BCUT2D eigenvalue weighted by Crippen LogP contribution is 2.32. The number of thioether (sulfide) groups is 1. The number of fused-ring (bicyclic) bond motifs is 1. The van der Waals surface area contributed by atoms with Crippen molar-refractivity contribution in [2.45, 2.75) is 55.6 Å². The van der Waals surface area contributed by atoms with E-state index in [0.717, 1.165) is 6.92 Å². The molecule has 1 aliphatic heterocycles. The van der Waals surface area contributed by atoms with Gasteiger partial charge in [0.25, 0.3) is 0 Å². The van der Waals surface area contributed by atoms with Gasteiger partial charge in [-0.2, -0.15) is 13.2 Å². The predicted molar refractivity (Wildman–Crippen MR) is 198 cm³/mol. The maximum Gasteiger partial charge on any atom is 0.416 e. The number of pyridine rings is 1. The van der Waals surface area contributed by atoms with E-state index >= 15 is 13.6 Å². The lowest BCUT2D eigenvalue weighted by atomic mass is 10.00. The van der Waals surface area contributed by atoms with E-state index in [0.29, 0.717) is 0 Å². The van der Waals surface area contributed by atoms with Crippen molar-refractivity contribution in [1.29, 1.82) is 0 Å². The van der Waals surface area contributed by atoms with Crippen molar-refractivity contribution in [2.75, 3.05) is 33.1 Å². The fourth-order valence-corrected chi connectivity index (χ4v) is 4.79. The van der Waals surface area contributed by atoms with E-state index in [-0.39, 0.29) is 0 Å². The molecular formula is C41H40F5N3O3S. The van der Waals surface area contributed by atoms with E-state index in [1.807, 2.05) is 0 Å². The van der Waals surface area contributed by atoms with Crippen LogP contribution in [0, 0.1) is 18.6 Å². The SMILES string of the molecule is [2H]c1c([2H])c(F)c(F)c(C([2H])([2H])Sc2c([2H])c(=O)c3c([2H])c(C)c([2H])c([2H])c3n2C([2H])([2H])C(=O)N(Cc2c([2H])c([2H])c(-c3c([2H])c([2H])c(C(F)(F)F)c([2H])c3[2H])c([2H])c2[2H])C2([2H])C([2H])([2H])C([2H])([2H])N(C([2H])([2H])C([2H])([2H])OC([2H])([2H])[2H])C([2H])([2H])C2([2H])[2H])c1[2H]. The summed E-state index contributed by atoms with van der Waals surface area (Å²) in [6, 6.07) is -29.8. The van der Waals surface area contributed by atoms with Gasteiger partial charge in [0, 0.05) is 78.2 Å². The number of piperidine rings is 1. The van der Waals surface area contributed by atoms with Crippen LogP contribution in [0.15, 0.2) is 100 Å².